The SMILES string of the molecule is C=C(C)c1cc(Oc2ccc([N+](=O)[O-])cn2)ccc1C#N. The zero-order chi connectivity index (χ0) is 15.4. The summed E-state index contributed by atoms with van der Waals surface area (Å²) in [5, 5.41) is 19.6. The third-order valence-electron chi connectivity index (χ3n) is 2.73. The molecule has 104 valence electrons. The number of allylic oxidation sites excluding steroid dienone is 1. The normalized spacial score (nSPS) is 9.71. The number of aromatic nitrogens is 1. The zero-order valence-electron chi connectivity index (χ0n) is 11.2. The van der Waals surface area contributed by atoms with Crippen molar-refractivity contribution < 1.29 is 9.66 Å². The van der Waals surface area contributed by atoms with Crippen molar-refractivity contribution in [3.63, 3.8) is 0 Å². The molecule has 0 bridgehead atoms. The fraction of sp³-hybridized carbons (Fsp3) is 0.0667. The standard InChI is InChI=1S/C15H11N3O3/c1-10(2)14-7-13(5-3-11(14)8-16)21-15-6-4-12(9-17-15)18(19)20/h3-7,9H,1H2,2H3. The van der Waals surface area contributed by atoms with E-state index in [1.165, 1.54) is 12.1 Å². The van der Waals surface area contributed by atoms with E-state index in [9.17, 15) is 10.1 Å². The van der Waals surface area contributed by atoms with Gasteiger partial charge in [0.25, 0.3) is 5.69 Å². The number of pyridine rings is 1. The van der Waals surface area contributed by atoms with Gasteiger partial charge in [0.15, 0.2) is 0 Å². The molecule has 0 N–H and O–H groups in total. The number of benzene rings is 1. The molecule has 1 heterocycles. The van der Waals surface area contributed by atoms with Gasteiger partial charge in [-0.05, 0) is 36.3 Å². The number of ether oxygens (including phenoxy) is 1. The highest BCUT2D eigenvalue weighted by atomic mass is 16.6. The molecule has 2 aromatic rings. The number of nitriles is 1. The van der Waals surface area contributed by atoms with Gasteiger partial charge in [-0.2, -0.15) is 5.26 Å². The smallest absolute Gasteiger partial charge is 0.287 e. The first-order valence-corrected chi connectivity index (χ1v) is 5.99. The molecule has 0 saturated carbocycles. The third kappa shape index (κ3) is 3.22. The summed E-state index contributed by atoms with van der Waals surface area (Å²) in [4.78, 5) is 13.9. The van der Waals surface area contributed by atoms with Crippen molar-refractivity contribution in [1.82, 2.24) is 4.98 Å². The lowest BCUT2D eigenvalue weighted by Gasteiger charge is -2.08. The minimum atomic E-state index is -0.530. The Morgan fingerprint density at radius 2 is 2.19 bits per heavy atom. The van der Waals surface area contributed by atoms with E-state index in [2.05, 4.69) is 17.6 Å². The van der Waals surface area contributed by atoms with Crippen molar-refractivity contribution in [1.29, 1.82) is 5.26 Å². The molecule has 21 heavy (non-hydrogen) atoms. The number of nitrogens with zero attached hydrogens (tertiary/aromatic N) is 3. The van der Waals surface area contributed by atoms with Gasteiger partial charge in [0.1, 0.15) is 11.9 Å². The second-order valence-electron chi connectivity index (χ2n) is 4.31. The van der Waals surface area contributed by atoms with E-state index in [0.29, 0.717) is 16.9 Å². The minimum absolute atomic E-state index is 0.107. The highest BCUT2D eigenvalue weighted by Crippen LogP contribution is 2.26. The molecule has 0 atom stereocenters. The van der Waals surface area contributed by atoms with E-state index in [0.717, 1.165) is 11.8 Å². The maximum absolute atomic E-state index is 10.5. The summed E-state index contributed by atoms with van der Waals surface area (Å²) in [6, 6.07) is 9.75. The van der Waals surface area contributed by atoms with Gasteiger partial charge in [0, 0.05) is 12.1 Å². The predicted octanol–water partition coefficient (Wildman–Crippen LogP) is 3.69. The number of rotatable bonds is 4. The van der Waals surface area contributed by atoms with Crippen LogP contribution in [0.15, 0.2) is 43.1 Å². The molecule has 0 aliphatic heterocycles. The van der Waals surface area contributed by atoms with E-state index in [4.69, 9.17) is 10.00 Å². The first kappa shape index (κ1) is 14.2. The van der Waals surface area contributed by atoms with Crippen LogP contribution in [0.2, 0.25) is 0 Å². The van der Waals surface area contributed by atoms with Crippen LogP contribution in [0.5, 0.6) is 11.6 Å². The summed E-state index contributed by atoms with van der Waals surface area (Å²) >= 11 is 0. The van der Waals surface area contributed by atoms with Gasteiger partial charge in [-0.1, -0.05) is 6.58 Å². The molecular formula is C15H11N3O3. The van der Waals surface area contributed by atoms with Crippen molar-refractivity contribution in [2.75, 3.05) is 0 Å². The second-order valence-corrected chi connectivity index (χ2v) is 4.31. The van der Waals surface area contributed by atoms with Crippen molar-refractivity contribution in [2.24, 2.45) is 0 Å². The van der Waals surface area contributed by atoms with Crippen LogP contribution < -0.4 is 4.74 Å². The third-order valence-corrected chi connectivity index (χ3v) is 2.73. The molecule has 2 rings (SSSR count). The van der Waals surface area contributed by atoms with Crippen LogP contribution in [0.1, 0.15) is 18.1 Å². The molecule has 0 saturated heterocycles. The van der Waals surface area contributed by atoms with E-state index in [1.807, 2.05) is 0 Å². The summed E-state index contributed by atoms with van der Waals surface area (Å²) in [7, 11) is 0. The van der Waals surface area contributed by atoms with Gasteiger partial charge in [-0.15, -0.1) is 0 Å². The van der Waals surface area contributed by atoms with E-state index in [-0.39, 0.29) is 11.6 Å². The van der Waals surface area contributed by atoms with Crippen LogP contribution in [0.4, 0.5) is 5.69 Å². The molecule has 0 radical (unpaired) electrons. The Morgan fingerprint density at radius 1 is 1.43 bits per heavy atom. The van der Waals surface area contributed by atoms with Crippen molar-refractivity contribution in [3.05, 3.63) is 64.3 Å². The Balaban J connectivity index is 2.27. The zero-order valence-corrected chi connectivity index (χ0v) is 11.2. The average molecular weight is 281 g/mol. The van der Waals surface area contributed by atoms with Crippen LogP contribution in [0.25, 0.3) is 5.57 Å². The largest absolute Gasteiger partial charge is 0.439 e. The molecule has 1 aromatic heterocycles. The topological polar surface area (TPSA) is 89.1 Å². The van der Waals surface area contributed by atoms with Crippen LogP contribution in [-0.4, -0.2) is 9.91 Å². The second kappa shape index (κ2) is 5.84. The molecule has 0 unspecified atom stereocenters. The summed E-state index contributed by atoms with van der Waals surface area (Å²) in [5.41, 5.74) is 1.84. The van der Waals surface area contributed by atoms with Crippen LogP contribution in [0, 0.1) is 21.4 Å². The van der Waals surface area contributed by atoms with Crippen LogP contribution in [-0.2, 0) is 0 Å². The fourth-order valence-electron chi connectivity index (χ4n) is 1.70. The van der Waals surface area contributed by atoms with Gasteiger partial charge in [0.2, 0.25) is 5.88 Å². The van der Waals surface area contributed by atoms with Crippen molar-refractivity contribution in [2.45, 2.75) is 6.92 Å². The summed E-state index contributed by atoms with van der Waals surface area (Å²) in [5.74, 6) is 0.714. The number of nitro groups is 1. The summed E-state index contributed by atoms with van der Waals surface area (Å²) in [6.45, 7) is 5.61. The highest BCUT2D eigenvalue weighted by Gasteiger charge is 2.09. The number of hydrogen-bond acceptors (Lipinski definition) is 5. The first-order valence-electron chi connectivity index (χ1n) is 5.99. The quantitative estimate of drug-likeness (QED) is 0.629. The Morgan fingerprint density at radius 3 is 2.71 bits per heavy atom. The predicted molar refractivity (Wildman–Crippen MR) is 76.8 cm³/mol. The maximum Gasteiger partial charge on any atom is 0.287 e. The van der Waals surface area contributed by atoms with Gasteiger partial charge in [-0.3, -0.25) is 10.1 Å². The molecule has 0 aliphatic rings. The van der Waals surface area contributed by atoms with Gasteiger partial charge < -0.3 is 4.74 Å². The van der Waals surface area contributed by atoms with Crippen molar-refractivity contribution in [3.8, 4) is 17.7 Å². The fourth-order valence-corrected chi connectivity index (χ4v) is 1.70. The number of hydrogen-bond donors (Lipinski definition) is 0. The maximum atomic E-state index is 10.5. The van der Waals surface area contributed by atoms with E-state index < -0.39 is 4.92 Å². The Labute approximate surface area is 121 Å². The lowest BCUT2D eigenvalue weighted by atomic mass is 10.0. The molecule has 0 spiro atoms. The lowest BCUT2D eigenvalue weighted by molar-refractivity contribution is -0.385. The highest BCUT2D eigenvalue weighted by molar-refractivity contribution is 5.68. The first-order chi connectivity index (χ1) is 10.0. The molecule has 0 fully saturated rings. The summed E-state index contributed by atoms with van der Waals surface area (Å²) < 4.78 is 5.52. The molecule has 6 heteroatoms. The van der Waals surface area contributed by atoms with E-state index in [1.54, 1.807) is 25.1 Å². The average Bonchev–Trinajstić information content (AvgIpc) is 2.47. The van der Waals surface area contributed by atoms with Crippen LogP contribution >= 0.6 is 0 Å². The molecular weight excluding hydrogens is 270 g/mol. The lowest BCUT2D eigenvalue weighted by Crippen LogP contribution is -1.93. The van der Waals surface area contributed by atoms with Gasteiger partial charge in [-0.25, -0.2) is 4.98 Å². The molecule has 1 aromatic carbocycles. The van der Waals surface area contributed by atoms with Gasteiger partial charge in [0.05, 0.1) is 16.6 Å². The minimum Gasteiger partial charge on any atom is -0.439 e. The Kier molecular flexibility index (Phi) is 3.95. The van der Waals surface area contributed by atoms with Crippen LogP contribution in [0.3, 0.4) is 0 Å². The monoisotopic (exact) mass is 281 g/mol. The van der Waals surface area contributed by atoms with Gasteiger partial charge >= 0.3 is 0 Å². The molecule has 0 aliphatic carbocycles. The molecule has 6 nitrogen and oxygen atoms in total. The molecule has 0 amide bonds. The van der Waals surface area contributed by atoms with E-state index >= 15 is 0 Å². The Bertz CT molecular complexity index is 746. The Hall–Kier alpha value is -3.20. The summed E-state index contributed by atoms with van der Waals surface area (Å²) in [6.07, 6.45) is 1.12. The van der Waals surface area contributed by atoms with Crippen molar-refractivity contribution >= 4 is 11.3 Å².